The standard InChI is InChI=1S/C15H10N4O/c20-15-17-11-6-2-1-5-10(11)14-9-13(18-19(14)15)12-7-3-4-8-16-12/h1-9H,(H,17,20). The van der Waals surface area contributed by atoms with Crippen LogP contribution in [0.3, 0.4) is 0 Å². The zero-order chi connectivity index (χ0) is 13.5. The second-order valence-electron chi connectivity index (χ2n) is 4.52. The summed E-state index contributed by atoms with van der Waals surface area (Å²) >= 11 is 0. The fraction of sp³-hybridized carbons (Fsp3) is 0. The molecule has 1 aromatic carbocycles. The molecule has 5 nitrogen and oxygen atoms in total. The van der Waals surface area contributed by atoms with Crippen molar-refractivity contribution in [3.05, 3.63) is 65.2 Å². The molecule has 3 heterocycles. The van der Waals surface area contributed by atoms with E-state index >= 15 is 0 Å². The Labute approximate surface area is 113 Å². The number of aromatic nitrogens is 4. The smallest absolute Gasteiger partial charge is 0.305 e. The van der Waals surface area contributed by atoms with Gasteiger partial charge in [0.1, 0.15) is 5.69 Å². The number of pyridine rings is 1. The zero-order valence-electron chi connectivity index (χ0n) is 10.4. The first-order valence-electron chi connectivity index (χ1n) is 6.25. The van der Waals surface area contributed by atoms with Crippen molar-refractivity contribution >= 4 is 16.4 Å². The van der Waals surface area contributed by atoms with Crippen LogP contribution in [0.15, 0.2) is 59.5 Å². The molecule has 0 aliphatic heterocycles. The van der Waals surface area contributed by atoms with Crippen LogP contribution in [-0.2, 0) is 0 Å². The van der Waals surface area contributed by atoms with Gasteiger partial charge in [0.25, 0.3) is 0 Å². The Hall–Kier alpha value is -2.95. The lowest BCUT2D eigenvalue weighted by molar-refractivity contribution is 0.883. The second kappa shape index (κ2) is 4.03. The van der Waals surface area contributed by atoms with E-state index in [0.717, 1.165) is 22.1 Å². The molecular formula is C15H10N4O. The van der Waals surface area contributed by atoms with Crippen LogP contribution in [0, 0.1) is 0 Å². The van der Waals surface area contributed by atoms with Gasteiger partial charge in [-0.1, -0.05) is 24.3 Å². The van der Waals surface area contributed by atoms with E-state index in [-0.39, 0.29) is 5.69 Å². The average molecular weight is 262 g/mol. The number of aromatic amines is 1. The molecule has 4 aromatic rings. The van der Waals surface area contributed by atoms with Crippen molar-refractivity contribution in [1.82, 2.24) is 19.6 Å². The Morgan fingerprint density at radius 1 is 1.00 bits per heavy atom. The molecule has 0 fully saturated rings. The minimum Gasteiger partial charge on any atom is -0.305 e. The third kappa shape index (κ3) is 1.53. The number of H-pyrrole nitrogens is 1. The maximum atomic E-state index is 12.1. The van der Waals surface area contributed by atoms with Crippen molar-refractivity contribution in [1.29, 1.82) is 0 Å². The quantitative estimate of drug-likeness (QED) is 0.572. The van der Waals surface area contributed by atoms with Crippen molar-refractivity contribution in [2.45, 2.75) is 0 Å². The van der Waals surface area contributed by atoms with E-state index in [9.17, 15) is 4.79 Å². The van der Waals surface area contributed by atoms with Crippen molar-refractivity contribution in [2.75, 3.05) is 0 Å². The molecule has 0 spiro atoms. The van der Waals surface area contributed by atoms with Crippen LogP contribution >= 0.6 is 0 Å². The van der Waals surface area contributed by atoms with Gasteiger partial charge in [-0.25, -0.2) is 4.79 Å². The Morgan fingerprint density at radius 3 is 2.70 bits per heavy atom. The topological polar surface area (TPSA) is 63.0 Å². The number of nitrogens with zero attached hydrogens (tertiary/aromatic N) is 3. The molecule has 0 amide bonds. The van der Waals surface area contributed by atoms with Gasteiger partial charge < -0.3 is 4.98 Å². The van der Waals surface area contributed by atoms with Crippen molar-refractivity contribution in [3.8, 4) is 11.4 Å². The van der Waals surface area contributed by atoms with Crippen LogP contribution in [0.2, 0.25) is 0 Å². The predicted molar refractivity (Wildman–Crippen MR) is 76.5 cm³/mol. The molecule has 0 saturated heterocycles. The van der Waals surface area contributed by atoms with Crippen LogP contribution in [0.1, 0.15) is 0 Å². The van der Waals surface area contributed by atoms with Crippen LogP contribution in [-0.4, -0.2) is 19.6 Å². The summed E-state index contributed by atoms with van der Waals surface area (Å²) in [5.74, 6) is 0. The van der Waals surface area contributed by atoms with Crippen molar-refractivity contribution < 1.29 is 0 Å². The maximum absolute atomic E-state index is 12.1. The van der Waals surface area contributed by atoms with Gasteiger partial charge in [0.05, 0.1) is 16.7 Å². The molecule has 20 heavy (non-hydrogen) atoms. The van der Waals surface area contributed by atoms with E-state index < -0.39 is 0 Å². The van der Waals surface area contributed by atoms with Crippen LogP contribution in [0.25, 0.3) is 27.8 Å². The Bertz CT molecular complexity index is 969. The van der Waals surface area contributed by atoms with Gasteiger partial charge in [-0.2, -0.15) is 9.61 Å². The summed E-state index contributed by atoms with van der Waals surface area (Å²) in [5, 5.41) is 5.30. The highest BCUT2D eigenvalue weighted by molar-refractivity contribution is 5.94. The zero-order valence-corrected chi connectivity index (χ0v) is 10.4. The molecule has 0 unspecified atom stereocenters. The highest BCUT2D eigenvalue weighted by Crippen LogP contribution is 2.21. The monoisotopic (exact) mass is 262 g/mol. The largest absolute Gasteiger partial charge is 0.347 e. The Kier molecular flexibility index (Phi) is 2.20. The summed E-state index contributed by atoms with van der Waals surface area (Å²) in [4.78, 5) is 19.1. The average Bonchev–Trinajstić information content (AvgIpc) is 2.94. The first kappa shape index (κ1) is 10.9. The Balaban J connectivity index is 2.11. The molecule has 5 heteroatoms. The summed E-state index contributed by atoms with van der Waals surface area (Å²) in [7, 11) is 0. The Morgan fingerprint density at radius 2 is 1.85 bits per heavy atom. The lowest BCUT2D eigenvalue weighted by atomic mass is 10.2. The van der Waals surface area contributed by atoms with Crippen LogP contribution in [0.5, 0.6) is 0 Å². The van der Waals surface area contributed by atoms with Crippen molar-refractivity contribution in [3.63, 3.8) is 0 Å². The highest BCUT2D eigenvalue weighted by atomic mass is 16.1. The van der Waals surface area contributed by atoms with Crippen LogP contribution < -0.4 is 5.69 Å². The van der Waals surface area contributed by atoms with Gasteiger partial charge in [0, 0.05) is 11.6 Å². The second-order valence-corrected chi connectivity index (χ2v) is 4.52. The lowest BCUT2D eigenvalue weighted by Crippen LogP contribution is -2.17. The molecular weight excluding hydrogens is 252 g/mol. The molecule has 0 atom stereocenters. The van der Waals surface area contributed by atoms with E-state index in [1.807, 2.05) is 48.5 Å². The number of benzene rings is 1. The first-order valence-corrected chi connectivity index (χ1v) is 6.25. The number of hydrogen-bond acceptors (Lipinski definition) is 3. The number of nitrogens with one attached hydrogen (secondary N) is 1. The summed E-state index contributed by atoms with van der Waals surface area (Å²) in [6.07, 6.45) is 1.71. The molecule has 4 rings (SSSR count). The minimum absolute atomic E-state index is 0.249. The molecule has 0 bridgehead atoms. The van der Waals surface area contributed by atoms with E-state index in [0.29, 0.717) is 5.69 Å². The molecule has 3 aromatic heterocycles. The number of para-hydroxylation sites is 1. The fourth-order valence-corrected chi connectivity index (χ4v) is 2.35. The predicted octanol–water partition coefficient (Wildman–Crippen LogP) is 2.24. The van der Waals surface area contributed by atoms with Gasteiger partial charge in [-0.05, 0) is 24.3 Å². The van der Waals surface area contributed by atoms with Crippen LogP contribution in [0.4, 0.5) is 0 Å². The molecule has 96 valence electrons. The van der Waals surface area contributed by atoms with Gasteiger partial charge in [-0.3, -0.25) is 4.98 Å². The van der Waals surface area contributed by atoms with Crippen molar-refractivity contribution in [2.24, 2.45) is 0 Å². The summed E-state index contributed by atoms with van der Waals surface area (Å²) in [6, 6.07) is 15.2. The van der Waals surface area contributed by atoms with Gasteiger partial charge in [-0.15, -0.1) is 0 Å². The molecule has 1 N–H and O–H groups in total. The summed E-state index contributed by atoms with van der Waals surface area (Å²) < 4.78 is 1.38. The number of fused-ring (bicyclic) bond motifs is 3. The highest BCUT2D eigenvalue weighted by Gasteiger charge is 2.10. The SMILES string of the molecule is O=c1[nH]c2ccccc2c2cc(-c3ccccn3)nn12. The van der Waals surface area contributed by atoms with E-state index in [1.165, 1.54) is 4.52 Å². The lowest BCUT2D eigenvalue weighted by Gasteiger charge is -1.98. The number of hydrogen-bond donors (Lipinski definition) is 1. The number of rotatable bonds is 1. The molecule has 0 saturated carbocycles. The van der Waals surface area contributed by atoms with E-state index in [2.05, 4.69) is 15.1 Å². The maximum Gasteiger partial charge on any atom is 0.347 e. The third-order valence-electron chi connectivity index (χ3n) is 3.27. The molecule has 0 aliphatic rings. The molecule has 0 radical (unpaired) electrons. The first-order chi connectivity index (χ1) is 9.83. The van der Waals surface area contributed by atoms with E-state index in [1.54, 1.807) is 6.20 Å². The third-order valence-corrected chi connectivity index (χ3v) is 3.27. The van der Waals surface area contributed by atoms with E-state index in [4.69, 9.17) is 0 Å². The fourth-order valence-electron chi connectivity index (χ4n) is 2.35. The normalized spacial score (nSPS) is 11.2. The molecule has 0 aliphatic carbocycles. The summed E-state index contributed by atoms with van der Waals surface area (Å²) in [5.41, 5.74) is 2.77. The van der Waals surface area contributed by atoms with Gasteiger partial charge >= 0.3 is 5.69 Å². The summed E-state index contributed by atoms with van der Waals surface area (Å²) in [6.45, 7) is 0. The minimum atomic E-state index is -0.249. The van der Waals surface area contributed by atoms with Gasteiger partial charge in [0.2, 0.25) is 0 Å². The van der Waals surface area contributed by atoms with Gasteiger partial charge in [0.15, 0.2) is 0 Å².